The van der Waals surface area contributed by atoms with Gasteiger partial charge in [-0.1, -0.05) is 0 Å². The Morgan fingerprint density at radius 3 is 2.30 bits per heavy atom. The van der Waals surface area contributed by atoms with Gasteiger partial charge in [0.25, 0.3) is 0 Å². The lowest BCUT2D eigenvalue weighted by Crippen LogP contribution is -2.04. The van der Waals surface area contributed by atoms with Gasteiger partial charge in [-0.25, -0.2) is 9.97 Å². The van der Waals surface area contributed by atoms with E-state index >= 15 is 0 Å². The molecule has 6 nitrogen and oxygen atoms in total. The van der Waals surface area contributed by atoms with E-state index in [1.54, 1.807) is 25.0 Å². The number of nitrogens with one attached hydrogen (secondary N) is 1. The van der Waals surface area contributed by atoms with Crippen molar-refractivity contribution in [3.05, 3.63) is 67.1 Å². The third kappa shape index (κ3) is 2.74. The maximum Gasteiger partial charge on any atom is 0.223 e. The molecule has 4 aromatic rings. The normalized spacial score (nSPS) is 10.8. The maximum absolute atomic E-state index is 5.49. The van der Waals surface area contributed by atoms with Gasteiger partial charge in [0.15, 0.2) is 5.76 Å². The van der Waals surface area contributed by atoms with Crippen molar-refractivity contribution in [2.75, 3.05) is 5.32 Å². The topological polar surface area (TPSA) is 77.2 Å². The Labute approximate surface area is 131 Å². The molecule has 0 amide bonds. The lowest BCUT2D eigenvalue weighted by molar-refractivity contribution is 0.517. The second-order valence-electron chi connectivity index (χ2n) is 4.84. The zero-order valence-electron chi connectivity index (χ0n) is 12.1. The van der Waals surface area contributed by atoms with E-state index in [4.69, 9.17) is 13.3 Å². The van der Waals surface area contributed by atoms with Crippen LogP contribution in [0.1, 0.15) is 5.76 Å². The van der Waals surface area contributed by atoms with Crippen LogP contribution in [0.2, 0.25) is 0 Å². The minimum atomic E-state index is 0.489. The molecule has 0 radical (unpaired) electrons. The van der Waals surface area contributed by atoms with Crippen LogP contribution in [-0.2, 0) is 6.54 Å². The van der Waals surface area contributed by atoms with Crippen molar-refractivity contribution in [1.29, 1.82) is 0 Å². The molecular weight excluding hydrogens is 294 g/mol. The molecule has 0 unspecified atom stereocenters. The van der Waals surface area contributed by atoms with E-state index in [0.29, 0.717) is 29.7 Å². The predicted molar refractivity (Wildman–Crippen MR) is 83.5 cm³/mol. The SMILES string of the molecule is c1coc(CNc2ncc(-c3ccco3)c(-c3ccco3)n2)c1. The fraction of sp³-hybridized carbons (Fsp3) is 0.0588. The predicted octanol–water partition coefficient (Wildman–Crippen LogP) is 4.20. The van der Waals surface area contributed by atoms with E-state index in [-0.39, 0.29) is 0 Å². The molecule has 0 saturated carbocycles. The van der Waals surface area contributed by atoms with Crippen molar-refractivity contribution in [3.8, 4) is 22.8 Å². The Hall–Kier alpha value is -3.28. The molecule has 0 fully saturated rings. The first kappa shape index (κ1) is 13.4. The van der Waals surface area contributed by atoms with Gasteiger partial charge in [0, 0.05) is 6.20 Å². The number of aromatic nitrogens is 2. The third-order valence-electron chi connectivity index (χ3n) is 3.33. The smallest absolute Gasteiger partial charge is 0.223 e. The number of nitrogens with zero attached hydrogens (tertiary/aromatic N) is 2. The minimum absolute atomic E-state index is 0.489. The summed E-state index contributed by atoms with van der Waals surface area (Å²) in [5.74, 6) is 2.64. The maximum atomic E-state index is 5.49. The van der Waals surface area contributed by atoms with Gasteiger partial charge in [0.05, 0.1) is 30.9 Å². The van der Waals surface area contributed by atoms with Crippen molar-refractivity contribution in [3.63, 3.8) is 0 Å². The van der Waals surface area contributed by atoms with Crippen LogP contribution in [0.4, 0.5) is 5.95 Å². The van der Waals surface area contributed by atoms with E-state index in [0.717, 1.165) is 11.3 Å². The molecule has 0 spiro atoms. The summed E-state index contributed by atoms with van der Waals surface area (Å²) < 4.78 is 16.2. The molecule has 0 aromatic carbocycles. The van der Waals surface area contributed by atoms with Crippen molar-refractivity contribution in [1.82, 2.24) is 9.97 Å². The van der Waals surface area contributed by atoms with Gasteiger partial charge in [-0.3, -0.25) is 0 Å². The number of hydrogen-bond acceptors (Lipinski definition) is 6. The summed E-state index contributed by atoms with van der Waals surface area (Å²) in [5, 5.41) is 3.13. The molecule has 0 aliphatic heterocycles. The van der Waals surface area contributed by atoms with Crippen molar-refractivity contribution < 1.29 is 13.3 Å². The fourth-order valence-corrected chi connectivity index (χ4v) is 2.26. The molecule has 4 aromatic heterocycles. The van der Waals surface area contributed by atoms with Gasteiger partial charge >= 0.3 is 0 Å². The zero-order valence-corrected chi connectivity index (χ0v) is 12.1. The summed E-state index contributed by atoms with van der Waals surface area (Å²) in [5.41, 5.74) is 1.44. The molecule has 23 heavy (non-hydrogen) atoms. The monoisotopic (exact) mass is 307 g/mol. The molecule has 0 aliphatic rings. The van der Waals surface area contributed by atoms with Crippen LogP contribution in [0.3, 0.4) is 0 Å². The highest BCUT2D eigenvalue weighted by molar-refractivity contribution is 5.75. The van der Waals surface area contributed by atoms with E-state index in [1.165, 1.54) is 0 Å². The average molecular weight is 307 g/mol. The van der Waals surface area contributed by atoms with Gasteiger partial charge in [0.1, 0.15) is 17.2 Å². The number of rotatable bonds is 5. The van der Waals surface area contributed by atoms with Crippen LogP contribution < -0.4 is 5.32 Å². The quantitative estimate of drug-likeness (QED) is 0.595. The highest BCUT2D eigenvalue weighted by Crippen LogP contribution is 2.31. The van der Waals surface area contributed by atoms with E-state index in [9.17, 15) is 0 Å². The number of hydrogen-bond donors (Lipinski definition) is 1. The number of furan rings is 3. The van der Waals surface area contributed by atoms with Gasteiger partial charge in [-0.15, -0.1) is 0 Å². The third-order valence-corrected chi connectivity index (χ3v) is 3.33. The molecule has 4 heterocycles. The Balaban J connectivity index is 1.69. The van der Waals surface area contributed by atoms with Gasteiger partial charge in [-0.2, -0.15) is 0 Å². The fourth-order valence-electron chi connectivity index (χ4n) is 2.26. The van der Waals surface area contributed by atoms with Crippen LogP contribution in [0.15, 0.2) is 74.6 Å². The molecule has 1 N–H and O–H groups in total. The van der Waals surface area contributed by atoms with Gasteiger partial charge in [-0.05, 0) is 36.4 Å². The molecule has 0 aliphatic carbocycles. The Morgan fingerprint density at radius 1 is 0.870 bits per heavy atom. The molecule has 6 heteroatoms. The highest BCUT2D eigenvalue weighted by atomic mass is 16.3. The summed E-state index contributed by atoms with van der Waals surface area (Å²) in [6.07, 6.45) is 6.57. The molecule has 0 saturated heterocycles. The van der Waals surface area contributed by atoms with Crippen molar-refractivity contribution in [2.24, 2.45) is 0 Å². The average Bonchev–Trinajstić information content (AvgIpc) is 3.36. The largest absolute Gasteiger partial charge is 0.467 e. The molecule has 114 valence electrons. The van der Waals surface area contributed by atoms with Crippen LogP contribution >= 0.6 is 0 Å². The summed E-state index contributed by atoms with van der Waals surface area (Å²) in [4.78, 5) is 8.89. The van der Waals surface area contributed by atoms with Crippen molar-refractivity contribution >= 4 is 5.95 Å². The van der Waals surface area contributed by atoms with Crippen molar-refractivity contribution in [2.45, 2.75) is 6.54 Å². The summed E-state index contributed by atoms with van der Waals surface area (Å²) in [6.45, 7) is 0.505. The first-order chi connectivity index (χ1) is 11.4. The number of anilines is 1. The van der Waals surface area contributed by atoms with Crippen LogP contribution in [0.5, 0.6) is 0 Å². The Kier molecular flexibility index (Phi) is 3.40. The van der Waals surface area contributed by atoms with Crippen LogP contribution in [-0.4, -0.2) is 9.97 Å². The van der Waals surface area contributed by atoms with Gasteiger partial charge < -0.3 is 18.6 Å². The summed E-state index contributed by atoms with van der Waals surface area (Å²) in [6, 6.07) is 11.1. The second-order valence-corrected chi connectivity index (χ2v) is 4.84. The molecule has 0 bridgehead atoms. The lowest BCUT2D eigenvalue weighted by atomic mass is 10.1. The lowest BCUT2D eigenvalue weighted by Gasteiger charge is -2.08. The van der Waals surface area contributed by atoms with E-state index in [1.807, 2.05) is 36.4 Å². The standard InChI is InChI=1S/C17H13N3O3/c1-4-12(21-7-1)10-18-17-19-11-13(14-5-2-8-22-14)16(20-17)15-6-3-9-23-15/h1-9,11H,10H2,(H,18,19,20). The highest BCUT2D eigenvalue weighted by Gasteiger charge is 2.15. The minimum Gasteiger partial charge on any atom is -0.467 e. The Morgan fingerprint density at radius 2 is 1.61 bits per heavy atom. The zero-order chi connectivity index (χ0) is 15.5. The van der Waals surface area contributed by atoms with E-state index < -0.39 is 0 Å². The first-order valence-electron chi connectivity index (χ1n) is 7.11. The first-order valence-corrected chi connectivity index (χ1v) is 7.11. The van der Waals surface area contributed by atoms with Gasteiger partial charge in [0.2, 0.25) is 5.95 Å². The van der Waals surface area contributed by atoms with Crippen LogP contribution in [0.25, 0.3) is 22.8 Å². The second kappa shape index (κ2) is 5.84. The van der Waals surface area contributed by atoms with Crippen LogP contribution in [0, 0.1) is 0 Å². The summed E-state index contributed by atoms with van der Waals surface area (Å²) in [7, 11) is 0. The molecule has 0 atom stereocenters. The summed E-state index contributed by atoms with van der Waals surface area (Å²) >= 11 is 0. The Bertz CT molecular complexity index is 866. The van der Waals surface area contributed by atoms with E-state index in [2.05, 4.69) is 15.3 Å². The molecule has 4 rings (SSSR count). The molecular formula is C17H13N3O3.